The van der Waals surface area contributed by atoms with Crippen molar-refractivity contribution in [2.75, 3.05) is 19.8 Å². The predicted octanol–water partition coefficient (Wildman–Crippen LogP) is 4.79. The highest BCUT2D eigenvalue weighted by Gasteiger charge is 2.60. The molecular weight excluding hydrogens is 628 g/mol. The molecule has 12 heteroatoms. The molecule has 2 aliphatic heterocycles. The van der Waals surface area contributed by atoms with Gasteiger partial charge in [0.15, 0.2) is 0 Å². The topological polar surface area (TPSA) is 156 Å². The van der Waals surface area contributed by atoms with Crippen LogP contribution in [0.5, 0.6) is 11.6 Å². The number of benzene rings is 2. The number of nitrogens with zero attached hydrogens (tertiary/aromatic N) is 2. The summed E-state index contributed by atoms with van der Waals surface area (Å²) in [5.74, 6) is -1.55. The first-order chi connectivity index (χ1) is 23.1. The fourth-order valence-electron chi connectivity index (χ4n) is 6.49. The Hall–Kier alpha value is -4.87. The number of carboxylic acid groups (broad SMARTS) is 1. The first-order valence-electron chi connectivity index (χ1n) is 16.7. The molecule has 3 amide bonds. The fourth-order valence-corrected chi connectivity index (χ4v) is 6.49. The summed E-state index contributed by atoms with van der Waals surface area (Å²) in [7, 11) is 0. The Morgan fingerprint density at radius 2 is 1.76 bits per heavy atom. The lowest BCUT2D eigenvalue weighted by atomic mass is 9.85. The van der Waals surface area contributed by atoms with E-state index >= 15 is 0 Å². The van der Waals surface area contributed by atoms with E-state index in [-0.39, 0.29) is 38.5 Å². The highest BCUT2D eigenvalue weighted by molar-refractivity contribution is 5.96. The lowest BCUT2D eigenvalue weighted by Gasteiger charge is -2.35. The molecule has 2 fully saturated rings. The van der Waals surface area contributed by atoms with Crippen molar-refractivity contribution in [1.82, 2.24) is 20.5 Å². The van der Waals surface area contributed by atoms with Gasteiger partial charge in [-0.1, -0.05) is 71.9 Å². The molecule has 6 rings (SSSR count). The Balaban J connectivity index is 1.43. The molecule has 0 spiro atoms. The molecule has 0 unspecified atom stereocenters. The molecule has 5 atom stereocenters. The minimum absolute atomic E-state index is 0.0000185. The van der Waals surface area contributed by atoms with E-state index in [0.717, 1.165) is 10.9 Å². The Morgan fingerprint density at radius 3 is 2.45 bits per heavy atom. The van der Waals surface area contributed by atoms with Crippen LogP contribution in [0.25, 0.3) is 22.0 Å². The number of aromatic nitrogens is 1. The van der Waals surface area contributed by atoms with Crippen LogP contribution in [-0.2, 0) is 19.1 Å². The number of alkyl carbamates (subject to hydrolysis) is 1. The summed E-state index contributed by atoms with van der Waals surface area (Å²) in [6, 6.07) is 15.1. The number of pyridine rings is 1. The highest BCUT2D eigenvalue weighted by Crippen LogP contribution is 2.44. The summed E-state index contributed by atoms with van der Waals surface area (Å²) in [4.78, 5) is 59.9. The second-order valence-electron chi connectivity index (χ2n) is 15.4. The zero-order valence-electron chi connectivity index (χ0n) is 28.7. The van der Waals surface area contributed by atoms with Gasteiger partial charge in [-0.2, -0.15) is 0 Å². The van der Waals surface area contributed by atoms with Crippen LogP contribution in [0.4, 0.5) is 4.79 Å². The van der Waals surface area contributed by atoms with Gasteiger partial charge in [-0.25, -0.2) is 14.6 Å². The number of fused-ring (bicyclic) bond motifs is 7. The molecule has 1 aliphatic carbocycles. The summed E-state index contributed by atoms with van der Waals surface area (Å²) in [5, 5.41) is 16.3. The molecule has 0 radical (unpaired) electrons. The van der Waals surface area contributed by atoms with Gasteiger partial charge in [0, 0.05) is 22.8 Å². The van der Waals surface area contributed by atoms with Crippen molar-refractivity contribution in [2.45, 2.75) is 78.1 Å². The van der Waals surface area contributed by atoms with Crippen molar-refractivity contribution in [1.29, 1.82) is 0 Å². The van der Waals surface area contributed by atoms with Crippen LogP contribution in [-0.4, -0.2) is 82.4 Å². The number of cyclic esters (lactones) is 1. The molecule has 2 aromatic carbocycles. The molecule has 260 valence electrons. The minimum atomic E-state index is -1.39. The van der Waals surface area contributed by atoms with Crippen LogP contribution in [0.15, 0.2) is 54.6 Å². The van der Waals surface area contributed by atoms with Crippen LogP contribution in [0, 0.1) is 16.7 Å². The quantitative estimate of drug-likeness (QED) is 0.356. The third kappa shape index (κ3) is 7.00. The molecule has 3 aromatic rings. The van der Waals surface area contributed by atoms with Gasteiger partial charge in [0.25, 0.3) is 0 Å². The van der Waals surface area contributed by atoms with Gasteiger partial charge in [0.2, 0.25) is 17.7 Å². The van der Waals surface area contributed by atoms with E-state index in [1.165, 1.54) is 4.90 Å². The second-order valence-corrected chi connectivity index (χ2v) is 15.4. The molecule has 1 saturated heterocycles. The fraction of sp³-hybridized carbons (Fsp3) is 0.486. The maximum absolute atomic E-state index is 14.4. The standard InChI is InChI=1S/C37H44N4O8/c1-21-17-37(21,33(44)45)40-30(42)28-16-25-18-41(28)32(43)29(35(2,3)4)39-34(46)48-20-36(5,6)19-47-24-12-9-11-22(14-24)26-15-23-10-7-8-13-27(23)38-31(26)49-25/h7-15,21,25,28-29H,16-20H2,1-6H3,(H,39,46)(H,40,42)(H,44,45)/t21-,25-,28+,29-,37-/m1/s1. The van der Waals surface area contributed by atoms with E-state index in [1.807, 2.05) is 89.2 Å². The van der Waals surface area contributed by atoms with Crippen LogP contribution >= 0.6 is 0 Å². The van der Waals surface area contributed by atoms with Crippen molar-refractivity contribution in [2.24, 2.45) is 16.7 Å². The molecule has 1 aromatic heterocycles. The van der Waals surface area contributed by atoms with Crippen molar-refractivity contribution < 1.29 is 38.5 Å². The zero-order chi connectivity index (χ0) is 35.3. The summed E-state index contributed by atoms with van der Waals surface area (Å²) in [6.45, 7) is 11.3. The number of hydrogen-bond acceptors (Lipinski definition) is 8. The van der Waals surface area contributed by atoms with Gasteiger partial charge in [-0.05, 0) is 47.6 Å². The molecular formula is C37H44N4O8. The van der Waals surface area contributed by atoms with Crippen molar-refractivity contribution in [3.63, 3.8) is 0 Å². The number of aliphatic carboxylic acids is 1. The average molecular weight is 673 g/mol. The minimum Gasteiger partial charge on any atom is -0.493 e. The van der Waals surface area contributed by atoms with Gasteiger partial charge >= 0.3 is 12.1 Å². The van der Waals surface area contributed by atoms with Gasteiger partial charge in [0.1, 0.15) is 36.1 Å². The number of carboxylic acids is 1. The van der Waals surface area contributed by atoms with E-state index in [1.54, 1.807) is 6.92 Å². The summed E-state index contributed by atoms with van der Waals surface area (Å²) in [6.07, 6.45) is -1.10. The first kappa shape index (κ1) is 34.0. The SMILES string of the molecule is C[C@@H]1C[C@]1(NC(=O)[C@@H]1C[C@@H]2CN1C(=O)[C@H](C(C)(C)C)NC(=O)OCC(C)(C)COc1cccc(c1)-c1cc3ccccc3nc1O2)C(=O)O. The first-order valence-corrected chi connectivity index (χ1v) is 16.7. The Kier molecular flexibility index (Phi) is 8.70. The molecule has 1 saturated carbocycles. The third-order valence-electron chi connectivity index (χ3n) is 9.60. The molecule has 3 aliphatic rings. The van der Waals surface area contributed by atoms with Gasteiger partial charge in [0.05, 0.1) is 18.7 Å². The maximum atomic E-state index is 14.4. The monoisotopic (exact) mass is 672 g/mol. The zero-order valence-corrected chi connectivity index (χ0v) is 28.7. The maximum Gasteiger partial charge on any atom is 0.407 e. The largest absolute Gasteiger partial charge is 0.493 e. The van der Waals surface area contributed by atoms with Gasteiger partial charge in [-0.3, -0.25) is 9.59 Å². The third-order valence-corrected chi connectivity index (χ3v) is 9.60. The lowest BCUT2D eigenvalue weighted by Crippen LogP contribution is -2.59. The lowest BCUT2D eigenvalue weighted by molar-refractivity contribution is -0.146. The molecule has 12 nitrogen and oxygen atoms in total. The Bertz CT molecular complexity index is 1800. The molecule has 4 bridgehead atoms. The number of carbonyl (C=O) groups is 4. The van der Waals surface area contributed by atoms with Crippen molar-refractivity contribution in [3.8, 4) is 22.8 Å². The predicted molar refractivity (Wildman–Crippen MR) is 181 cm³/mol. The van der Waals surface area contributed by atoms with E-state index in [4.69, 9.17) is 19.2 Å². The van der Waals surface area contributed by atoms with Crippen LogP contribution in [0.2, 0.25) is 0 Å². The van der Waals surface area contributed by atoms with Crippen LogP contribution in [0.3, 0.4) is 0 Å². The Labute approximate surface area is 285 Å². The summed E-state index contributed by atoms with van der Waals surface area (Å²) < 4.78 is 18.4. The highest BCUT2D eigenvalue weighted by atomic mass is 16.6. The number of hydrogen-bond donors (Lipinski definition) is 3. The van der Waals surface area contributed by atoms with Crippen molar-refractivity contribution >= 4 is 34.8 Å². The van der Waals surface area contributed by atoms with Crippen LogP contribution in [0.1, 0.15) is 54.4 Å². The number of nitrogens with one attached hydrogen (secondary N) is 2. The van der Waals surface area contributed by atoms with Gasteiger partial charge in [-0.15, -0.1) is 0 Å². The molecule has 3 N–H and O–H groups in total. The second kappa shape index (κ2) is 12.5. The van der Waals surface area contributed by atoms with E-state index in [9.17, 15) is 24.3 Å². The Morgan fingerprint density at radius 1 is 1.04 bits per heavy atom. The summed E-state index contributed by atoms with van der Waals surface area (Å²) >= 11 is 0. The van der Waals surface area contributed by atoms with E-state index in [2.05, 4.69) is 10.6 Å². The van der Waals surface area contributed by atoms with E-state index in [0.29, 0.717) is 22.7 Å². The average Bonchev–Trinajstić information content (AvgIpc) is 3.51. The number of amides is 3. The normalized spacial score (nSPS) is 26.9. The smallest absolute Gasteiger partial charge is 0.407 e. The number of rotatable bonds is 3. The number of para-hydroxylation sites is 1. The van der Waals surface area contributed by atoms with Crippen molar-refractivity contribution in [3.05, 3.63) is 54.6 Å². The number of carbonyl (C=O) groups excluding carboxylic acids is 3. The van der Waals surface area contributed by atoms with Gasteiger partial charge < -0.3 is 34.9 Å². The molecule has 3 heterocycles. The summed E-state index contributed by atoms with van der Waals surface area (Å²) in [5.41, 5.74) is -0.549. The van der Waals surface area contributed by atoms with E-state index < -0.39 is 58.4 Å². The molecule has 49 heavy (non-hydrogen) atoms. The number of ether oxygens (including phenoxy) is 3. The van der Waals surface area contributed by atoms with Crippen LogP contribution < -0.4 is 20.1 Å².